The van der Waals surface area contributed by atoms with Gasteiger partial charge < -0.3 is 20.4 Å². The first-order valence-electron chi connectivity index (χ1n) is 9.12. The van der Waals surface area contributed by atoms with Gasteiger partial charge in [0.2, 0.25) is 5.91 Å². The maximum Gasteiger partial charge on any atom is 0.221 e. The first-order chi connectivity index (χ1) is 11.8. The summed E-state index contributed by atoms with van der Waals surface area (Å²) in [5.74, 6) is 1.80. The molecule has 1 saturated carbocycles. The molecule has 0 bridgehead atoms. The first kappa shape index (κ1) is 21.8. The van der Waals surface area contributed by atoms with Crippen molar-refractivity contribution in [2.24, 2.45) is 4.99 Å². The summed E-state index contributed by atoms with van der Waals surface area (Å²) in [5, 5.41) is 9.55. The number of amides is 1. The molecule has 1 aliphatic rings. The lowest BCUT2D eigenvalue weighted by Gasteiger charge is -2.22. The number of guanidine groups is 1. The molecule has 1 aliphatic carbocycles. The third-order valence-electron chi connectivity index (χ3n) is 4.17. The summed E-state index contributed by atoms with van der Waals surface area (Å²) in [6.45, 7) is 4.06. The monoisotopic (exact) mass is 462 g/mol. The molecule has 0 saturated heterocycles. The average Bonchev–Trinajstić information content (AvgIpc) is 3.09. The molecule has 0 spiro atoms. The Labute approximate surface area is 167 Å². The quantitative estimate of drug-likeness (QED) is 0.316. The Bertz CT molecular complexity index is 499. The largest absolute Gasteiger partial charge is 0.469 e. The Morgan fingerprint density at radius 3 is 2.76 bits per heavy atom. The third-order valence-corrected chi connectivity index (χ3v) is 4.17. The van der Waals surface area contributed by atoms with Crippen molar-refractivity contribution in [1.29, 1.82) is 0 Å². The van der Waals surface area contributed by atoms with Crippen LogP contribution >= 0.6 is 24.0 Å². The molecule has 1 amide bonds. The predicted molar refractivity (Wildman–Crippen MR) is 111 cm³/mol. The molecule has 1 aromatic heterocycles. The van der Waals surface area contributed by atoms with Crippen molar-refractivity contribution in [3.8, 4) is 0 Å². The number of hydrogen-bond acceptors (Lipinski definition) is 3. The van der Waals surface area contributed by atoms with Gasteiger partial charge in [-0.2, -0.15) is 0 Å². The minimum Gasteiger partial charge on any atom is -0.469 e. The number of furan rings is 1. The van der Waals surface area contributed by atoms with Crippen LogP contribution in [0.1, 0.15) is 51.2 Å². The van der Waals surface area contributed by atoms with Crippen LogP contribution in [0.2, 0.25) is 0 Å². The van der Waals surface area contributed by atoms with E-state index in [1.165, 1.54) is 19.3 Å². The van der Waals surface area contributed by atoms with Crippen LogP contribution in [0.4, 0.5) is 0 Å². The minimum atomic E-state index is 0. The molecule has 0 aliphatic heterocycles. The van der Waals surface area contributed by atoms with Gasteiger partial charge in [-0.15, -0.1) is 24.0 Å². The lowest BCUT2D eigenvalue weighted by atomic mass is 9.95. The molecule has 7 heteroatoms. The van der Waals surface area contributed by atoms with Crippen LogP contribution in [0.3, 0.4) is 0 Å². The molecule has 1 heterocycles. The van der Waals surface area contributed by atoms with Gasteiger partial charge in [0.15, 0.2) is 5.96 Å². The number of nitrogens with one attached hydrogen (secondary N) is 3. The van der Waals surface area contributed by atoms with Crippen molar-refractivity contribution in [1.82, 2.24) is 16.0 Å². The fourth-order valence-electron chi connectivity index (χ4n) is 2.92. The molecule has 3 N–H and O–H groups in total. The Hall–Kier alpha value is -1.25. The highest BCUT2D eigenvalue weighted by Gasteiger charge is 2.15. The van der Waals surface area contributed by atoms with Crippen LogP contribution in [0.5, 0.6) is 0 Å². The zero-order valence-electron chi connectivity index (χ0n) is 15.1. The second-order valence-corrected chi connectivity index (χ2v) is 6.17. The van der Waals surface area contributed by atoms with E-state index in [0.717, 1.165) is 37.5 Å². The summed E-state index contributed by atoms with van der Waals surface area (Å²) in [5.41, 5.74) is 0. The topological polar surface area (TPSA) is 78.7 Å². The smallest absolute Gasteiger partial charge is 0.221 e. The number of aliphatic imine (C=N–C) groups is 1. The van der Waals surface area contributed by atoms with Crippen LogP contribution in [-0.4, -0.2) is 37.5 Å². The fourth-order valence-corrected chi connectivity index (χ4v) is 2.92. The highest BCUT2D eigenvalue weighted by atomic mass is 127. The first-order valence-corrected chi connectivity index (χ1v) is 9.12. The van der Waals surface area contributed by atoms with Gasteiger partial charge in [0.1, 0.15) is 5.76 Å². The summed E-state index contributed by atoms with van der Waals surface area (Å²) in [6.07, 6.45) is 8.92. The van der Waals surface area contributed by atoms with Gasteiger partial charge in [-0.25, -0.2) is 0 Å². The standard InChI is InChI=1S/C18H30N4O2.HI/c1-2-19-18(20-12-10-16-9-6-14-24-16)21-13-11-17(23)22-15-7-4-3-5-8-15;/h6,9,14-15H,2-5,7-8,10-13H2,1H3,(H,22,23)(H2,19,20,21);1H. The van der Waals surface area contributed by atoms with Gasteiger partial charge in [-0.3, -0.25) is 9.79 Å². The molecular formula is C18H31IN4O2. The van der Waals surface area contributed by atoms with Gasteiger partial charge >= 0.3 is 0 Å². The van der Waals surface area contributed by atoms with Crippen LogP contribution in [-0.2, 0) is 11.2 Å². The maximum absolute atomic E-state index is 12.0. The van der Waals surface area contributed by atoms with E-state index in [0.29, 0.717) is 25.6 Å². The summed E-state index contributed by atoms with van der Waals surface area (Å²) < 4.78 is 5.30. The van der Waals surface area contributed by atoms with Crippen molar-refractivity contribution in [2.45, 2.75) is 57.9 Å². The summed E-state index contributed by atoms with van der Waals surface area (Å²) >= 11 is 0. The number of hydrogen-bond donors (Lipinski definition) is 3. The molecule has 0 aromatic carbocycles. The van der Waals surface area contributed by atoms with E-state index in [9.17, 15) is 4.79 Å². The van der Waals surface area contributed by atoms with Gasteiger partial charge in [0.25, 0.3) is 0 Å². The molecule has 1 aromatic rings. The molecule has 25 heavy (non-hydrogen) atoms. The third kappa shape index (κ3) is 9.13. The molecule has 2 rings (SSSR count). The van der Waals surface area contributed by atoms with Crippen LogP contribution < -0.4 is 16.0 Å². The highest BCUT2D eigenvalue weighted by molar-refractivity contribution is 14.0. The van der Waals surface area contributed by atoms with Crippen LogP contribution in [0.25, 0.3) is 0 Å². The predicted octanol–water partition coefficient (Wildman–Crippen LogP) is 2.83. The maximum atomic E-state index is 12.0. The van der Waals surface area contributed by atoms with E-state index in [4.69, 9.17) is 4.42 Å². The van der Waals surface area contributed by atoms with Crippen molar-refractivity contribution >= 4 is 35.8 Å². The number of carbonyl (C=O) groups is 1. The Morgan fingerprint density at radius 2 is 2.08 bits per heavy atom. The number of carbonyl (C=O) groups excluding carboxylic acids is 1. The fraction of sp³-hybridized carbons (Fsp3) is 0.667. The van der Waals surface area contributed by atoms with Crippen molar-refractivity contribution < 1.29 is 9.21 Å². The number of nitrogens with zero attached hydrogens (tertiary/aromatic N) is 1. The van der Waals surface area contributed by atoms with Crippen LogP contribution in [0, 0.1) is 0 Å². The van der Waals surface area contributed by atoms with E-state index in [1.807, 2.05) is 19.1 Å². The zero-order valence-corrected chi connectivity index (χ0v) is 17.4. The van der Waals surface area contributed by atoms with E-state index >= 15 is 0 Å². The lowest BCUT2D eigenvalue weighted by Crippen LogP contribution is -2.41. The molecule has 6 nitrogen and oxygen atoms in total. The molecule has 0 radical (unpaired) electrons. The number of rotatable bonds is 8. The van der Waals surface area contributed by atoms with Gasteiger partial charge in [-0.05, 0) is 31.9 Å². The molecular weight excluding hydrogens is 431 g/mol. The second-order valence-electron chi connectivity index (χ2n) is 6.17. The molecule has 0 atom stereocenters. The van der Waals surface area contributed by atoms with Gasteiger partial charge in [0, 0.05) is 38.5 Å². The van der Waals surface area contributed by atoms with Crippen molar-refractivity contribution in [3.05, 3.63) is 24.2 Å². The van der Waals surface area contributed by atoms with E-state index in [-0.39, 0.29) is 29.9 Å². The van der Waals surface area contributed by atoms with E-state index in [2.05, 4.69) is 20.9 Å². The normalized spacial score (nSPS) is 15.3. The van der Waals surface area contributed by atoms with Gasteiger partial charge in [0.05, 0.1) is 6.26 Å². The summed E-state index contributed by atoms with van der Waals surface area (Å²) in [7, 11) is 0. The Kier molecular flexibility index (Phi) is 11.3. The van der Waals surface area contributed by atoms with Crippen molar-refractivity contribution in [3.63, 3.8) is 0 Å². The molecule has 142 valence electrons. The summed E-state index contributed by atoms with van der Waals surface area (Å²) in [6, 6.07) is 4.21. The average molecular weight is 462 g/mol. The van der Waals surface area contributed by atoms with E-state index < -0.39 is 0 Å². The minimum absolute atomic E-state index is 0. The summed E-state index contributed by atoms with van der Waals surface area (Å²) in [4.78, 5) is 16.5. The lowest BCUT2D eigenvalue weighted by molar-refractivity contribution is -0.121. The SMILES string of the molecule is CCNC(=NCCc1ccco1)NCCC(=O)NC1CCCCC1.I. The Balaban J connectivity index is 0.00000312. The van der Waals surface area contributed by atoms with Crippen molar-refractivity contribution in [2.75, 3.05) is 19.6 Å². The zero-order chi connectivity index (χ0) is 17.0. The Morgan fingerprint density at radius 1 is 1.28 bits per heavy atom. The van der Waals surface area contributed by atoms with E-state index in [1.54, 1.807) is 6.26 Å². The van der Waals surface area contributed by atoms with Crippen LogP contribution in [0.15, 0.2) is 27.8 Å². The molecule has 0 unspecified atom stereocenters. The second kappa shape index (κ2) is 13.0. The number of halogens is 1. The van der Waals surface area contributed by atoms with Gasteiger partial charge in [-0.1, -0.05) is 19.3 Å². The highest BCUT2D eigenvalue weighted by Crippen LogP contribution is 2.17. The molecule has 1 fully saturated rings.